The van der Waals surface area contributed by atoms with E-state index in [2.05, 4.69) is 0 Å². The lowest BCUT2D eigenvalue weighted by molar-refractivity contribution is -0.154. The summed E-state index contributed by atoms with van der Waals surface area (Å²) >= 11 is 11.3. The first kappa shape index (κ1) is 28.5. The Morgan fingerprint density at radius 2 is 0.724 bits per heavy atom. The first-order valence-corrected chi connectivity index (χ1v) is 12.7. The molecule has 0 aliphatic carbocycles. The number of carbonyl (C=O) groups excluding carboxylic acids is 2. The number of halogens is 2. The minimum atomic E-state index is -0.479. The molecule has 4 nitrogen and oxygen atoms in total. The van der Waals surface area contributed by atoms with Gasteiger partial charge in [0.05, 0.1) is 13.2 Å². The van der Waals surface area contributed by atoms with E-state index in [1.807, 2.05) is 0 Å². The summed E-state index contributed by atoms with van der Waals surface area (Å²) in [5.74, 6) is 0.561. The quantitative estimate of drug-likeness (QED) is 0.0754. The third-order valence-corrected chi connectivity index (χ3v) is 5.41. The first-order valence-electron chi connectivity index (χ1n) is 11.6. The van der Waals surface area contributed by atoms with Gasteiger partial charge in [0.15, 0.2) is 0 Å². The summed E-state index contributed by atoms with van der Waals surface area (Å²) in [7, 11) is 0. The predicted molar refractivity (Wildman–Crippen MR) is 122 cm³/mol. The van der Waals surface area contributed by atoms with Gasteiger partial charge in [-0.05, 0) is 25.7 Å². The summed E-state index contributed by atoms with van der Waals surface area (Å²) < 4.78 is 10.2. The highest BCUT2D eigenvalue weighted by molar-refractivity contribution is 6.18. The van der Waals surface area contributed by atoms with Crippen LogP contribution in [-0.4, -0.2) is 36.9 Å². The molecule has 29 heavy (non-hydrogen) atoms. The first-order chi connectivity index (χ1) is 14.2. The Morgan fingerprint density at radius 3 is 1.03 bits per heavy atom. The molecule has 0 aromatic rings. The SMILES string of the molecule is O=C(CC(=O)OCCCCCCCCCCCl)OCCCCCCCCCCCl. The van der Waals surface area contributed by atoms with E-state index in [1.54, 1.807) is 0 Å². The number of esters is 2. The number of ether oxygens (including phenoxy) is 2. The molecular weight excluding hydrogens is 411 g/mol. The van der Waals surface area contributed by atoms with E-state index >= 15 is 0 Å². The molecular formula is C23H42Cl2O4. The van der Waals surface area contributed by atoms with Crippen LogP contribution >= 0.6 is 23.2 Å². The monoisotopic (exact) mass is 452 g/mol. The van der Waals surface area contributed by atoms with Crippen LogP contribution in [0.1, 0.15) is 109 Å². The number of carbonyl (C=O) groups is 2. The van der Waals surface area contributed by atoms with Crippen molar-refractivity contribution < 1.29 is 19.1 Å². The molecule has 172 valence electrons. The lowest BCUT2D eigenvalue weighted by Gasteiger charge is -2.06. The smallest absolute Gasteiger partial charge is 0.317 e. The second-order valence-corrected chi connectivity index (χ2v) is 8.41. The zero-order valence-corrected chi connectivity index (χ0v) is 19.8. The lowest BCUT2D eigenvalue weighted by Crippen LogP contribution is -2.15. The minimum Gasteiger partial charge on any atom is -0.465 e. The van der Waals surface area contributed by atoms with Gasteiger partial charge < -0.3 is 9.47 Å². The molecule has 0 aliphatic rings. The summed E-state index contributed by atoms with van der Waals surface area (Å²) in [6, 6.07) is 0. The standard InChI is InChI=1S/C23H42Cl2O4/c24-17-13-9-5-1-3-7-11-15-19-28-22(26)21-23(27)29-20-16-12-8-4-2-6-10-14-18-25/h1-21H2. The summed E-state index contributed by atoms with van der Waals surface area (Å²) in [5, 5.41) is 0. The minimum absolute atomic E-state index is 0.277. The fraction of sp³-hybridized carbons (Fsp3) is 0.913. The van der Waals surface area contributed by atoms with Crippen molar-refractivity contribution >= 4 is 35.1 Å². The molecule has 0 bridgehead atoms. The maximum absolute atomic E-state index is 11.6. The molecule has 6 heteroatoms. The fourth-order valence-corrected chi connectivity index (χ4v) is 3.48. The van der Waals surface area contributed by atoms with Crippen molar-refractivity contribution in [3.05, 3.63) is 0 Å². The predicted octanol–water partition coefficient (Wildman–Crippen LogP) is 7.18. The van der Waals surface area contributed by atoms with E-state index in [0.717, 1.165) is 63.1 Å². The molecule has 0 heterocycles. The van der Waals surface area contributed by atoms with E-state index < -0.39 is 11.9 Å². The third kappa shape index (κ3) is 23.7. The summed E-state index contributed by atoms with van der Waals surface area (Å²) in [5.41, 5.74) is 0. The van der Waals surface area contributed by atoms with E-state index in [1.165, 1.54) is 51.4 Å². The van der Waals surface area contributed by atoms with Crippen LogP contribution in [0.2, 0.25) is 0 Å². The van der Waals surface area contributed by atoms with E-state index in [4.69, 9.17) is 32.7 Å². The molecule has 0 amide bonds. The van der Waals surface area contributed by atoms with Crippen LogP contribution < -0.4 is 0 Å². The highest BCUT2D eigenvalue weighted by atomic mass is 35.5. The Balaban J connectivity index is 3.32. The van der Waals surface area contributed by atoms with Crippen LogP contribution in [0.5, 0.6) is 0 Å². The van der Waals surface area contributed by atoms with E-state index in [9.17, 15) is 9.59 Å². The van der Waals surface area contributed by atoms with Crippen molar-refractivity contribution in [2.75, 3.05) is 25.0 Å². The molecule has 0 saturated heterocycles. The molecule has 0 aromatic carbocycles. The van der Waals surface area contributed by atoms with Gasteiger partial charge in [-0.2, -0.15) is 0 Å². The topological polar surface area (TPSA) is 52.6 Å². The molecule has 0 spiro atoms. The summed E-state index contributed by atoms with van der Waals surface area (Å²) in [6.45, 7) is 0.784. The zero-order chi connectivity index (χ0) is 21.4. The Kier molecular flexibility index (Phi) is 23.4. The van der Waals surface area contributed by atoms with Crippen molar-refractivity contribution in [2.45, 2.75) is 109 Å². The van der Waals surface area contributed by atoms with Crippen LogP contribution in [0, 0.1) is 0 Å². The molecule has 0 aliphatic heterocycles. The maximum atomic E-state index is 11.6. The van der Waals surface area contributed by atoms with E-state index in [-0.39, 0.29) is 6.42 Å². The number of hydrogen-bond acceptors (Lipinski definition) is 4. The molecule has 0 saturated carbocycles. The normalized spacial score (nSPS) is 10.8. The molecule has 0 atom stereocenters. The van der Waals surface area contributed by atoms with Gasteiger partial charge in [-0.1, -0.05) is 77.0 Å². The van der Waals surface area contributed by atoms with Gasteiger partial charge in [0, 0.05) is 11.8 Å². The van der Waals surface area contributed by atoms with Gasteiger partial charge >= 0.3 is 11.9 Å². The van der Waals surface area contributed by atoms with E-state index in [0.29, 0.717) is 13.2 Å². The second-order valence-electron chi connectivity index (χ2n) is 7.65. The van der Waals surface area contributed by atoms with Crippen LogP contribution in [0.15, 0.2) is 0 Å². The average molecular weight is 453 g/mol. The Labute approximate surface area is 188 Å². The second kappa shape index (κ2) is 23.8. The van der Waals surface area contributed by atoms with Gasteiger partial charge in [0.1, 0.15) is 6.42 Å². The van der Waals surface area contributed by atoms with Crippen molar-refractivity contribution in [1.29, 1.82) is 0 Å². The number of rotatable bonds is 22. The van der Waals surface area contributed by atoms with Crippen molar-refractivity contribution in [3.8, 4) is 0 Å². The van der Waals surface area contributed by atoms with Gasteiger partial charge in [0.2, 0.25) is 0 Å². The van der Waals surface area contributed by atoms with Gasteiger partial charge in [0.25, 0.3) is 0 Å². The third-order valence-electron chi connectivity index (χ3n) is 4.87. The van der Waals surface area contributed by atoms with Gasteiger partial charge in [-0.15, -0.1) is 23.2 Å². The molecule has 0 fully saturated rings. The van der Waals surface area contributed by atoms with Gasteiger partial charge in [-0.25, -0.2) is 0 Å². The largest absolute Gasteiger partial charge is 0.465 e. The highest BCUT2D eigenvalue weighted by Crippen LogP contribution is 2.10. The molecule has 0 N–H and O–H groups in total. The Bertz CT molecular complexity index is 344. The van der Waals surface area contributed by atoms with Gasteiger partial charge in [-0.3, -0.25) is 9.59 Å². The maximum Gasteiger partial charge on any atom is 0.317 e. The highest BCUT2D eigenvalue weighted by Gasteiger charge is 2.11. The summed E-state index contributed by atoms with van der Waals surface area (Å²) in [4.78, 5) is 23.3. The van der Waals surface area contributed by atoms with Crippen LogP contribution in [0.3, 0.4) is 0 Å². The molecule has 0 rings (SSSR count). The van der Waals surface area contributed by atoms with Crippen molar-refractivity contribution in [3.63, 3.8) is 0 Å². The number of hydrogen-bond donors (Lipinski definition) is 0. The van der Waals surface area contributed by atoms with Crippen molar-refractivity contribution in [2.24, 2.45) is 0 Å². The fourth-order valence-electron chi connectivity index (χ4n) is 3.11. The molecule has 0 unspecified atom stereocenters. The molecule has 0 aromatic heterocycles. The zero-order valence-electron chi connectivity index (χ0n) is 18.2. The van der Waals surface area contributed by atoms with Crippen LogP contribution in [0.25, 0.3) is 0 Å². The Morgan fingerprint density at radius 1 is 0.448 bits per heavy atom. The van der Waals surface area contributed by atoms with Crippen LogP contribution in [-0.2, 0) is 19.1 Å². The molecule has 0 radical (unpaired) electrons. The van der Waals surface area contributed by atoms with Crippen molar-refractivity contribution in [1.82, 2.24) is 0 Å². The number of unbranched alkanes of at least 4 members (excludes halogenated alkanes) is 14. The lowest BCUT2D eigenvalue weighted by atomic mass is 10.1. The summed E-state index contributed by atoms with van der Waals surface area (Å²) in [6.07, 6.45) is 17.9. The van der Waals surface area contributed by atoms with Crippen LogP contribution in [0.4, 0.5) is 0 Å². The Hall–Kier alpha value is -0.480. The average Bonchev–Trinajstić information content (AvgIpc) is 2.70. The number of alkyl halides is 2.